The molecule has 0 aliphatic heterocycles. The second-order valence-electron chi connectivity index (χ2n) is 3.98. The van der Waals surface area contributed by atoms with Crippen molar-refractivity contribution in [3.05, 3.63) is 56.5 Å². The number of non-ortho nitro benzene ring substituents is 1. The van der Waals surface area contributed by atoms with Gasteiger partial charge >= 0.3 is 0 Å². The van der Waals surface area contributed by atoms with Gasteiger partial charge in [0.2, 0.25) is 0 Å². The van der Waals surface area contributed by atoms with Crippen molar-refractivity contribution in [3.63, 3.8) is 0 Å². The van der Waals surface area contributed by atoms with Gasteiger partial charge in [0.15, 0.2) is 11.5 Å². The van der Waals surface area contributed by atoms with Crippen molar-refractivity contribution in [2.75, 3.05) is 7.11 Å². The molecule has 0 radical (unpaired) electrons. The Bertz CT molecular complexity index is 740. The quantitative estimate of drug-likeness (QED) is 0.614. The molecule has 0 fully saturated rings. The Morgan fingerprint density at radius 2 is 2.00 bits per heavy atom. The van der Waals surface area contributed by atoms with Gasteiger partial charge in [-0.15, -0.1) is 0 Å². The molecule has 0 spiro atoms. The fourth-order valence-corrected chi connectivity index (χ4v) is 2.14. The summed E-state index contributed by atoms with van der Waals surface area (Å²) < 4.78 is 11.4. The van der Waals surface area contributed by atoms with Crippen molar-refractivity contribution >= 4 is 21.6 Å². The number of nitriles is 1. The summed E-state index contributed by atoms with van der Waals surface area (Å²) in [7, 11) is 1.44. The normalized spacial score (nSPS) is 9.76. The summed E-state index contributed by atoms with van der Waals surface area (Å²) in [4.78, 5) is 10.3. The van der Waals surface area contributed by atoms with Gasteiger partial charge in [0.25, 0.3) is 5.69 Å². The zero-order valence-corrected chi connectivity index (χ0v) is 12.5. The van der Waals surface area contributed by atoms with E-state index in [1.807, 2.05) is 6.07 Å². The Balaban J connectivity index is 2.43. The van der Waals surface area contributed by atoms with E-state index in [2.05, 4.69) is 15.9 Å². The van der Waals surface area contributed by atoms with Crippen LogP contribution in [0.15, 0.2) is 40.9 Å². The second kappa shape index (κ2) is 6.24. The molecule has 0 saturated carbocycles. The Kier molecular flexibility index (Phi) is 4.40. The summed E-state index contributed by atoms with van der Waals surface area (Å²) in [5.74, 6) is 0.937. The van der Waals surface area contributed by atoms with Gasteiger partial charge in [0, 0.05) is 10.5 Å². The van der Waals surface area contributed by atoms with Crippen molar-refractivity contribution in [2.45, 2.75) is 0 Å². The molecule has 6 nitrogen and oxygen atoms in total. The van der Waals surface area contributed by atoms with Crippen LogP contribution in [0, 0.1) is 21.4 Å². The zero-order chi connectivity index (χ0) is 15.4. The van der Waals surface area contributed by atoms with E-state index in [0.29, 0.717) is 21.5 Å². The lowest BCUT2D eigenvalue weighted by atomic mass is 10.2. The number of hydrogen-bond donors (Lipinski definition) is 0. The largest absolute Gasteiger partial charge is 0.493 e. The minimum atomic E-state index is -0.520. The highest BCUT2D eigenvalue weighted by atomic mass is 79.9. The summed E-state index contributed by atoms with van der Waals surface area (Å²) in [5.41, 5.74) is 0.296. The third kappa shape index (κ3) is 3.49. The Labute approximate surface area is 128 Å². The third-order valence-electron chi connectivity index (χ3n) is 2.59. The first kappa shape index (κ1) is 14.8. The second-order valence-corrected chi connectivity index (χ2v) is 4.90. The predicted molar refractivity (Wildman–Crippen MR) is 78.6 cm³/mol. The van der Waals surface area contributed by atoms with E-state index in [9.17, 15) is 10.1 Å². The maximum absolute atomic E-state index is 10.8. The Morgan fingerprint density at radius 1 is 1.24 bits per heavy atom. The van der Waals surface area contributed by atoms with Crippen LogP contribution >= 0.6 is 15.9 Å². The van der Waals surface area contributed by atoms with Crippen LogP contribution in [0.1, 0.15) is 5.56 Å². The molecule has 0 heterocycles. The van der Waals surface area contributed by atoms with E-state index in [1.54, 1.807) is 12.1 Å². The smallest absolute Gasteiger partial charge is 0.273 e. The number of rotatable bonds is 4. The van der Waals surface area contributed by atoms with Crippen molar-refractivity contribution < 1.29 is 14.4 Å². The topological polar surface area (TPSA) is 85.4 Å². The first-order valence-corrected chi connectivity index (χ1v) is 6.54. The average Bonchev–Trinajstić information content (AvgIpc) is 2.46. The lowest BCUT2D eigenvalue weighted by molar-refractivity contribution is -0.384. The van der Waals surface area contributed by atoms with Crippen LogP contribution in [-0.4, -0.2) is 12.0 Å². The average molecular weight is 349 g/mol. The van der Waals surface area contributed by atoms with Crippen molar-refractivity contribution in [1.82, 2.24) is 0 Å². The van der Waals surface area contributed by atoms with Gasteiger partial charge < -0.3 is 9.47 Å². The number of methoxy groups -OCH3 is 1. The standard InChI is InChI=1S/C14H9BrN2O4/c1-20-13-3-2-11(17(18)19)7-14(13)21-12-5-9(8-16)4-10(15)6-12/h2-7H,1H3. The number of nitrogens with zero attached hydrogens (tertiary/aromatic N) is 2. The molecule has 2 aromatic carbocycles. The zero-order valence-electron chi connectivity index (χ0n) is 10.9. The molecule has 7 heteroatoms. The van der Waals surface area contributed by atoms with Crippen LogP contribution in [-0.2, 0) is 0 Å². The van der Waals surface area contributed by atoms with Crippen LogP contribution < -0.4 is 9.47 Å². The molecule has 0 aromatic heterocycles. The van der Waals surface area contributed by atoms with Gasteiger partial charge in [-0.1, -0.05) is 15.9 Å². The highest BCUT2D eigenvalue weighted by molar-refractivity contribution is 9.10. The van der Waals surface area contributed by atoms with E-state index in [1.165, 1.54) is 31.4 Å². The summed E-state index contributed by atoms with van der Waals surface area (Å²) in [5, 5.41) is 19.7. The number of halogens is 1. The summed E-state index contributed by atoms with van der Waals surface area (Å²) >= 11 is 3.27. The maximum Gasteiger partial charge on any atom is 0.273 e. The molecule has 0 bridgehead atoms. The SMILES string of the molecule is COc1ccc([N+](=O)[O-])cc1Oc1cc(Br)cc(C#N)c1. The summed E-state index contributed by atoms with van der Waals surface area (Å²) in [6.07, 6.45) is 0. The molecule has 2 rings (SSSR count). The molecule has 0 N–H and O–H groups in total. The number of nitro benzene ring substituents is 1. The number of ether oxygens (including phenoxy) is 2. The molecule has 0 aliphatic rings. The monoisotopic (exact) mass is 348 g/mol. The fraction of sp³-hybridized carbons (Fsp3) is 0.0714. The van der Waals surface area contributed by atoms with Gasteiger partial charge in [0.1, 0.15) is 5.75 Å². The van der Waals surface area contributed by atoms with Crippen LogP contribution in [0.3, 0.4) is 0 Å². The number of hydrogen-bond acceptors (Lipinski definition) is 5. The molecule has 0 atom stereocenters. The van der Waals surface area contributed by atoms with Gasteiger partial charge in [0.05, 0.1) is 29.7 Å². The maximum atomic E-state index is 10.8. The highest BCUT2D eigenvalue weighted by Gasteiger charge is 2.13. The van der Waals surface area contributed by atoms with E-state index in [0.717, 1.165) is 0 Å². The van der Waals surface area contributed by atoms with Crippen molar-refractivity contribution in [1.29, 1.82) is 5.26 Å². The molecule has 0 saturated heterocycles. The molecule has 0 aliphatic carbocycles. The van der Waals surface area contributed by atoms with Crippen molar-refractivity contribution in [2.24, 2.45) is 0 Å². The van der Waals surface area contributed by atoms with Gasteiger partial charge in [-0.05, 0) is 24.3 Å². The molecule has 106 valence electrons. The van der Waals surface area contributed by atoms with Crippen LogP contribution in [0.2, 0.25) is 0 Å². The highest BCUT2D eigenvalue weighted by Crippen LogP contribution is 2.35. The Hall–Kier alpha value is -2.59. The fourth-order valence-electron chi connectivity index (χ4n) is 1.67. The third-order valence-corrected chi connectivity index (χ3v) is 3.04. The lowest BCUT2D eigenvalue weighted by Gasteiger charge is -2.10. The predicted octanol–water partition coefficient (Wildman–Crippen LogP) is 4.03. The molecule has 0 amide bonds. The molecule has 0 unspecified atom stereocenters. The van der Waals surface area contributed by atoms with E-state index < -0.39 is 4.92 Å². The lowest BCUT2D eigenvalue weighted by Crippen LogP contribution is -1.94. The van der Waals surface area contributed by atoms with Gasteiger partial charge in [-0.3, -0.25) is 10.1 Å². The van der Waals surface area contributed by atoms with Gasteiger partial charge in [-0.25, -0.2) is 0 Å². The van der Waals surface area contributed by atoms with Crippen LogP contribution in [0.25, 0.3) is 0 Å². The summed E-state index contributed by atoms with van der Waals surface area (Å²) in [6.45, 7) is 0. The first-order chi connectivity index (χ1) is 10.0. The molecule has 2 aromatic rings. The molecular weight excluding hydrogens is 340 g/mol. The number of benzene rings is 2. The summed E-state index contributed by atoms with van der Waals surface area (Å²) in [6, 6.07) is 10.9. The Morgan fingerprint density at radius 3 is 2.62 bits per heavy atom. The van der Waals surface area contributed by atoms with Crippen LogP contribution in [0.4, 0.5) is 5.69 Å². The number of nitro groups is 1. The molecule has 21 heavy (non-hydrogen) atoms. The van der Waals surface area contributed by atoms with Gasteiger partial charge in [-0.2, -0.15) is 5.26 Å². The van der Waals surface area contributed by atoms with E-state index in [4.69, 9.17) is 14.7 Å². The minimum Gasteiger partial charge on any atom is -0.493 e. The van der Waals surface area contributed by atoms with E-state index in [-0.39, 0.29) is 11.4 Å². The minimum absolute atomic E-state index is 0.110. The molecular formula is C14H9BrN2O4. The van der Waals surface area contributed by atoms with E-state index >= 15 is 0 Å². The van der Waals surface area contributed by atoms with Crippen LogP contribution in [0.5, 0.6) is 17.2 Å². The van der Waals surface area contributed by atoms with Crippen molar-refractivity contribution in [3.8, 4) is 23.3 Å². The first-order valence-electron chi connectivity index (χ1n) is 5.74.